The van der Waals surface area contributed by atoms with Gasteiger partial charge in [0.15, 0.2) is 0 Å². The molecule has 3 unspecified atom stereocenters. The van der Waals surface area contributed by atoms with Crippen LogP contribution >= 0.6 is 0 Å². The third-order valence-electron chi connectivity index (χ3n) is 5.25. The number of ether oxygens (including phenoxy) is 1. The number of carbonyl (C=O) groups excluding carboxylic acids is 1. The van der Waals surface area contributed by atoms with Gasteiger partial charge < -0.3 is 14.4 Å². The quantitative estimate of drug-likeness (QED) is 0.584. The minimum atomic E-state index is -1.55. The van der Waals surface area contributed by atoms with E-state index in [1.807, 2.05) is 30.3 Å². The Bertz CT molecular complexity index is 862. The lowest BCUT2D eigenvalue weighted by molar-refractivity contribution is -0.146. The van der Waals surface area contributed by atoms with Gasteiger partial charge in [0.05, 0.1) is 16.9 Å². The summed E-state index contributed by atoms with van der Waals surface area (Å²) in [6, 6.07) is 16.5. The van der Waals surface area contributed by atoms with Gasteiger partial charge in [0.1, 0.15) is 5.75 Å². The van der Waals surface area contributed by atoms with Crippen LogP contribution in [0.1, 0.15) is 18.4 Å². The Labute approximate surface area is 161 Å². The molecule has 2 aromatic carbocycles. The molecule has 3 atom stereocenters. The summed E-state index contributed by atoms with van der Waals surface area (Å²) in [5.41, 5.74) is 1.71. The molecule has 27 heavy (non-hydrogen) atoms. The standard InChI is InChI=1S/C21H20O4S.H2O/c1-15-11-17-14-24-20(22)21(17,12-15)13-16-7-9-18(10-8-16)25-26(23)19-5-3-2-4-6-19;/h2-10,17H,1,11-14H2;1H2. The first kappa shape index (κ1) is 19.3. The van der Waals surface area contributed by atoms with Crippen LogP contribution in [-0.2, 0) is 27.0 Å². The van der Waals surface area contributed by atoms with Crippen molar-refractivity contribution in [3.05, 3.63) is 72.3 Å². The first-order valence-electron chi connectivity index (χ1n) is 8.65. The van der Waals surface area contributed by atoms with Crippen molar-refractivity contribution in [2.75, 3.05) is 6.61 Å². The van der Waals surface area contributed by atoms with Gasteiger partial charge in [0.2, 0.25) is 11.1 Å². The molecule has 0 bridgehead atoms. The number of rotatable bonds is 5. The number of carbonyl (C=O) groups is 1. The van der Waals surface area contributed by atoms with Gasteiger partial charge in [-0.05, 0) is 49.1 Å². The van der Waals surface area contributed by atoms with Crippen LogP contribution in [0.25, 0.3) is 0 Å². The molecule has 1 heterocycles. The van der Waals surface area contributed by atoms with Gasteiger partial charge in [0, 0.05) is 5.92 Å². The largest absolute Gasteiger partial charge is 0.465 e. The highest BCUT2D eigenvalue weighted by atomic mass is 32.2. The Morgan fingerprint density at radius 2 is 1.85 bits per heavy atom. The highest BCUT2D eigenvalue weighted by Crippen LogP contribution is 2.52. The summed E-state index contributed by atoms with van der Waals surface area (Å²) in [6.07, 6.45) is 2.20. The zero-order chi connectivity index (χ0) is 18.1. The molecule has 1 aliphatic carbocycles. The number of benzene rings is 2. The van der Waals surface area contributed by atoms with Crippen LogP contribution in [0.15, 0.2) is 71.6 Å². The monoisotopic (exact) mass is 386 g/mol. The van der Waals surface area contributed by atoms with Crippen molar-refractivity contribution >= 4 is 17.0 Å². The Balaban J connectivity index is 0.00000210. The third kappa shape index (κ3) is 3.68. The van der Waals surface area contributed by atoms with Crippen LogP contribution in [0.4, 0.5) is 0 Å². The van der Waals surface area contributed by atoms with E-state index in [2.05, 4.69) is 6.58 Å². The molecule has 0 aromatic heterocycles. The molecule has 5 nitrogen and oxygen atoms in total. The van der Waals surface area contributed by atoms with Gasteiger partial charge in [-0.1, -0.05) is 42.5 Å². The smallest absolute Gasteiger partial charge is 0.313 e. The molecule has 1 saturated carbocycles. The van der Waals surface area contributed by atoms with Gasteiger partial charge >= 0.3 is 5.97 Å². The fourth-order valence-electron chi connectivity index (χ4n) is 3.96. The van der Waals surface area contributed by atoms with Crippen molar-refractivity contribution in [1.82, 2.24) is 0 Å². The van der Waals surface area contributed by atoms with Crippen LogP contribution < -0.4 is 4.18 Å². The van der Waals surface area contributed by atoms with E-state index in [1.165, 1.54) is 0 Å². The maximum Gasteiger partial charge on any atom is 0.313 e. The predicted octanol–water partition coefficient (Wildman–Crippen LogP) is 3.02. The van der Waals surface area contributed by atoms with E-state index >= 15 is 0 Å². The average molecular weight is 386 g/mol. The summed E-state index contributed by atoms with van der Waals surface area (Å²) in [5.74, 6) is 0.658. The molecular weight excluding hydrogens is 364 g/mol. The number of allylic oxidation sites excluding steroid dienone is 1. The zero-order valence-electron chi connectivity index (χ0n) is 14.9. The van der Waals surface area contributed by atoms with E-state index in [-0.39, 0.29) is 17.4 Å². The van der Waals surface area contributed by atoms with Gasteiger partial charge in [-0.3, -0.25) is 4.79 Å². The average Bonchev–Trinajstić information content (AvgIpc) is 3.12. The van der Waals surface area contributed by atoms with Crippen LogP contribution in [0.3, 0.4) is 0 Å². The fraction of sp³-hybridized carbons (Fsp3) is 0.286. The SMILES string of the molecule is C=C1CC2COC(=O)C2(Cc2ccc(OS(=O)c3ccccc3)cc2)C1.O. The first-order chi connectivity index (χ1) is 12.6. The molecule has 6 heteroatoms. The summed E-state index contributed by atoms with van der Waals surface area (Å²) in [4.78, 5) is 13.0. The van der Waals surface area contributed by atoms with E-state index in [9.17, 15) is 9.00 Å². The lowest BCUT2D eigenvalue weighted by atomic mass is 9.75. The van der Waals surface area contributed by atoms with Crippen molar-refractivity contribution in [2.45, 2.75) is 24.2 Å². The summed E-state index contributed by atoms with van der Waals surface area (Å²) >= 11 is -1.55. The second-order valence-corrected chi connectivity index (χ2v) is 8.14. The maximum absolute atomic E-state index is 12.4. The number of fused-ring (bicyclic) bond motifs is 1. The van der Waals surface area contributed by atoms with Gasteiger partial charge in [0.25, 0.3) is 0 Å². The normalized spacial score (nSPS) is 24.7. The highest BCUT2D eigenvalue weighted by molar-refractivity contribution is 7.80. The molecular formula is C21H22O5S. The number of hydrogen-bond acceptors (Lipinski definition) is 4. The lowest BCUT2D eigenvalue weighted by Crippen LogP contribution is -2.31. The Morgan fingerprint density at radius 1 is 1.15 bits per heavy atom. The first-order valence-corrected chi connectivity index (χ1v) is 9.72. The zero-order valence-corrected chi connectivity index (χ0v) is 15.7. The van der Waals surface area contributed by atoms with Crippen molar-refractivity contribution in [1.29, 1.82) is 0 Å². The van der Waals surface area contributed by atoms with Crippen molar-refractivity contribution in [3.8, 4) is 5.75 Å². The number of cyclic esters (lactones) is 1. The van der Waals surface area contributed by atoms with E-state index in [0.717, 1.165) is 17.6 Å². The third-order valence-corrected chi connectivity index (χ3v) is 6.26. The highest BCUT2D eigenvalue weighted by Gasteiger charge is 2.55. The Morgan fingerprint density at radius 3 is 2.56 bits per heavy atom. The molecule has 2 aliphatic rings. The molecule has 0 spiro atoms. The lowest BCUT2D eigenvalue weighted by Gasteiger charge is -2.24. The molecule has 2 fully saturated rings. The van der Waals surface area contributed by atoms with Gasteiger partial charge in [-0.25, -0.2) is 4.21 Å². The molecule has 0 amide bonds. The number of esters is 1. The summed E-state index contributed by atoms with van der Waals surface area (Å²) in [5, 5.41) is 0. The second-order valence-electron chi connectivity index (χ2n) is 7.03. The van der Waals surface area contributed by atoms with Crippen LogP contribution in [-0.4, -0.2) is 22.3 Å². The van der Waals surface area contributed by atoms with Crippen LogP contribution in [0, 0.1) is 11.3 Å². The molecule has 0 radical (unpaired) electrons. The Hall–Kier alpha value is -2.44. The second kappa shape index (κ2) is 7.66. The molecule has 142 valence electrons. The molecule has 2 aromatic rings. The van der Waals surface area contributed by atoms with Crippen molar-refractivity contribution in [3.63, 3.8) is 0 Å². The minimum Gasteiger partial charge on any atom is -0.465 e. The van der Waals surface area contributed by atoms with Crippen LogP contribution in [0.5, 0.6) is 5.75 Å². The summed E-state index contributed by atoms with van der Waals surface area (Å²) in [6.45, 7) is 4.57. The van der Waals surface area contributed by atoms with Gasteiger partial charge in [-0.2, -0.15) is 0 Å². The molecule has 1 aliphatic heterocycles. The van der Waals surface area contributed by atoms with E-state index in [0.29, 0.717) is 30.1 Å². The van der Waals surface area contributed by atoms with E-state index in [1.54, 1.807) is 24.3 Å². The van der Waals surface area contributed by atoms with Gasteiger partial charge in [-0.15, -0.1) is 0 Å². The minimum absolute atomic E-state index is 0. The van der Waals surface area contributed by atoms with Crippen molar-refractivity contribution in [2.24, 2.45) is 11.3 Å². The predicted molar refractivity (Wildman–Crippen MR) is 102 cm³/mol. The summed E-state index contributed by atoms with van der Waals surface area (Å²) < 4.78 is 23.1. The molecule has 1 saturated heterocycles. The van der Waals surface area contributed by atoms with E-state index in [4.69, 9.17) is 8.92 Å². The van der Waals surface area contributed by atoms with E-state index < -0.39 is 16.5 Å². The molecule has 4 rings (SSSR count). The molecule has 2 N–H and O–H groups in total. The fourth-order valence-corrected chi connectivity index (χ4v) is 4.72. The van der Waals surface area contributed by atoms with Crippen molar-refractivity contribution < 1.29 is 23.4 Å². The number of hydrogen-bond donors (Lipinski definition) is 0. The summed E-state index contributed by atoms with van der Waals surface area (Å²) in [7, 11) is 0. The van der Waals surface area contributed by atoms with Crippen LogP contribution in [0.2, 0.25) is 0 Å². The Kier molecular flexibility index (Phi) is 5.48. The topological polar surface area (TPSA) is 84.1 Å². The maximum atomic E-state index is 12.4.